The summed E-state index contributed by atoms with van der Waals surface area (Å²) in [6.07, 6.45) is 0.565. The van der Waals surface area contributed by atoms with Gasteiger partial charge in [0.1, 0.15) is 0 Å². The van der Waals surface area contributed by atoms with E-state index < -0.39 is 6.23 Å². The molecule has 9 heteroatoms. The molecule has 0 amide bonds. The maximum atomic E-state index is 6.30. The summed E-state index contributed by atoms with van der Waals surface area (Å²) in [5.41, 5.74) is 3.28. The average molecular weight is 473 g/mol. The molecule has 1 N–H and O–H groups in total. The van der Waals surface area contributed by atoms with Gasteiger partial charge >= 0.3 is 0 Å². The molecule has 0 radical (unpaired) electrons. The molecule has 7 nitrogen and oxygen atoms in total. The van der Waals surface area contributed by atoms with E-state index in [4.69, 9.17) is 14.2 Å². The van der Waals surface area contributed by atoms with Crippen molar-refractivity contribution in [1.29, 1.82) is 0 Å². The van der Waals surface area contributed by atoms with Gasteiger partial charge in [-0.1, -0.05) is 34.6 Å². The van der Waals surface area contributed by atoms with E-state index in [9.17, 15) is 0 Å². The van der Waals surface area contributed by atoms with E-state index in [-0.39, 0.29) is 6.79 Å². The molecule has 0 saturated carbocycles. The SMILES string of the molecule is CCCSc1nnc2c(n1)O[C@H](c1ccc3c(c1)OCO3)Nc1ccc(Br)cc1-2. The normalized spacial score (nSPS) is 16.3. The van der Waals surface area contributed by atoms with Gasteiger partial charge in [-0.15, -0.1) is 10.2 Å². The monoisotopic (exact) mass is 472 g/mol. The van der Waals surface area contributed by atoms with Gasteiger partial charge in [-0.3, -0.25) is 0 Å². The van der Waals surface area contributed by atoms with Crippen molar-refractivity contribution in [3.63, 3.8) is 0 Å². The first-order valence-corrected chi connectivity index (χ1v) is 11.0. The molecule has 1 aromatic heterocycles. The first kappa shape index (κ1) is 18.5. The van der Waals surface area contributed by atoms with Crippen molar-refractivity contribution in [2.24, 2.45) is 0 Å². The number of thioether (sulfide) groups is 1. The molecule has 1 atom stereocenters. The predicted molar refractivity (Wildman–Crippen MR) is 114 cm³/mol. The molecule has 0 bridgehead atoms. The summed E-state index contributed by atoms with van der Waals surface area (Å²) in [5, 5.41) is 12.8. The smallest absolute Gasteiger partial charge is 0.247 e. The van der Waals surface area contributed by atoms with Crippen molar-refractivity contribution >= 4 is 33.4 Å². The lowest BCUT2D eigenvalue weighted by Crippen LogP contribution is -2.17. The Bertz CT molecular complexity index is 1080. The Hall–Kier alpha value is -2.52. The van der Waals surface area contributed by atoms with Gasteiger partial charge in [0.25, 0.3) is 0 Å². The maximum Gasteiger partial charge on any atom is 0.247 e. The molecule has 2 aliphatic rings. The lowest BCUT2D eigenvalue weighted by Gasteiger charge is -2.19. The summed E-state index contributed by atoms with van der Waals surface area (Å²) in [6.45, 7) is 2.35. The van der Waals surface area contributed by atoms with E-state index in [0.29, 0.717) is 22.5 Å². The van der Waals surface area contributed by atoms with Gasteiger partial charge in [0, 0.05) is 27.0 Å². The van der Waals surface area contributed by atoms with Gasteiger partial charge in [-0.05, 0) is 42.8 Å². The molecular formula is C20H17BrN4O3S. The Kier molecular flexibility index (Phi) is 4.92. The van der Waals surface area contributed by atoms with Gasteiger partial charge in [0.2, 0.25) is 17.8 Å². The van der Waals surface area contributed by atoms with Gasteiger partial charge in [0.05, 0.1) is 0 Å². The number of hydrogen-bond donors (Lipinski definition) is 1. The highest BCUT2D eigenvalue weighted by molar-refractivity contribution is 9.10. The fourth-order valence-electron chi connectivity index (χ4n) is 3.15. The zero-order valence-corrected chi connectivity index (χ0v) is 17.9. The van der Waals surface area contributed by atoms with Crippen LogP contribution in [0.1, 0.15) is 25.1 Å². The fourth-order valence-corrected chi connectivity index (χ4v) is 4.15. The van der Waals surface area contributed by atoms with E-state index in [1.54, 1.807) is 11.8 Å². The Labute approximate surface area is 180 Å². The predicted octanol–water partition coefficient (Wildman–Crippen LogP) is 5.04. The quantitative estimate of drug-likeness (QED) is 0.529. The van der Waals surface area contributed by atoms with Crippen LogP contribution in [0.25, 0.3) is 11.3 Å². The van der Waals surface area contributed by atoms with Crippen molar-refractivity contribution in [1.82, 2.24) is 15.2 Å². The average Bonchev–Trinajstić information content (AvgIpc) is 3.14. The molecule has 29 heavy (non-hydrogen) atoms. The standard InChI is InChI=1S/C20H17BrN4O3S/c1-2-7-29-20-23-19-17(24-25-20)13-9-12(21)4-5-14(13)22-18(28-19)11-3-6-15-16(8-11)27-10-26-15/h3-6,8-9,18,22H,2,7,10H2,1H3/t18-/m1/s1. The Morgan fingerprint density at radius 3 is 2.93 bits per heavy atom. The molecule has 2 aliphatic heterocycles. The summed E-state index contributed by atoms with van der Waals surface area (Å²) >= 11 is 5.11. The number of rotatable bonds is 4. The minimum atomic E-state index is -0.466. The maximum absolute atomic E-state index is 6.30. The van der Waals surface area contributed by atoms with Crippen molar-refractivity contribution in [3.8, 4) is 28.6 Å². The van der Waals surface area contributed by atoms with Crippen LogP contribution < -0.4 is 19.5 Å². The van der Waals surface area contributed by atoms with Crippen molar-refractivity contribution in [3.05, 3.63) is 46.4 Å². The third-order valence-corrected chi connectivity index (χ3v) is 6.06. The third-order valence-electron chi connectivity index (χ3n) is 4.52. The van der Waals surface area contributed by atoms with Crippen LogP contribution in [-0.2, 0) is 0 Å². The molecule has 0 aliphatic carbocycles. The molecule has 0 unspecified atom stereocenters. The number of hydrogen-bond acceptors (Lipinski definition) is 8. The summed E-state index contributed by atoms with van der Waals surface area (Å²) in [4.78, 5) is 4.64. The highest BCUT2D eigenvalue weighted by Crippen LogP contribution is 2.42. The van der Waals surface area contributed by atoms with Crippen LogP contribution in [0.5, 0.6) is 17.4 Å². The molecule has 2 aromatic carbocycles. The van der Waals surface area contributed by atoms with Gasteiger partial charge in [0.15, 0.2) is 23.4 Å². The summed E-state index contributed by atoms with van der Waals surface area (Å²) in [6, 6.07) is 11.7. The van der Waals surface area contributed by atoms with E-state index >= 15 is 0 Å². The van der Waals surface area contributed by atoms with Crippen molar-refractivity contribution in [2.45, 2.75) is 24.7 Å². The van der Waals surface area contributed by atoms with Crippen molar-refractivity contribution in [2.75, 3.05) is 17.9 Å². The topological polar surface area (TPSA) is 78.4 Å². The largest absolute Gasteiger partial charge is 0.454 e. The van der Waals surface area contributed by atoms with Crippen LogP contribution in [0, 0.1) is 0 Å². The molecule has 148 valence electrons. The van der Waals surface area contributed by atoms with Gasteiger partial charge in [-0.25, -0.2) is 0 Å². The highest BCUT2D eigenvalue weighted by Gasteiger charge is 2.27. The van der Waals surface area contributed by atoms with Gasteiger partial charge in [-0.2, -0.15) is 4.98 Å². The lowest BCUT2D eigenvalue weighted by molar-refractivity contribution is 0.173. The molecule has 3 aromatic rings. The van der Waals surface area contributed by atoms with Crippen molar-refractivity contribution < 1.29 is 14.2 Å². The van der Waals surface area contributed by atoms with E-state index in [0.717, 1.165) is 39.2 Å². The Morgan fingerprint density at radius 1 is 1.14 bits per heavy atom. The molecule has 0 fully saturated rings. The first-order valence-electron chi connectivity index (χ1n) is 9.21. The second-order valence-electron chi connectivity index (χ2n) is 6.54. The number of benzene rings is 2. The second kappa shape index (κ2) is 7.72. The Morgan fingerprint density at radius 2 is 2.03 bits per heavy atom. The van der Waals surface area contributed by atoms with Crippen LogP contribution in [0.2, 0.25) is 0 Å². The number of nitrogens with one attached hydrogen (secondary N) is 1. The first-order chi connectivity index (χ1) is 14.2. The zero-order valence-electron chi connectivity index (χ0n) is 15.5. The number of nitrogens with zero attached hydrogens (tertiary/aromatic N) is 3. The van der Waals surface area contributed by atoms with Crippen LogP contribution in [0.3, 0.4) is 0 Å². The number of fused-ring (bicyclic) bond motifs is 4. The minimum Gasteiger partial charge on any atom is -0.454 e. The number of aromatic nitrogens is 3. The van der Waals surface area contributed by atoms with E-state index in [1.807, 2.05) is 36.4 Å². The molecule has 5 rings (SSSR count). The van der Waals surface area contributed by atoms with E-state index in [1.165, 1.54) is 0 Å². The fraction of sp³-hybridized carbons (Fsp3) is 0.250. The Balaban J connectivity index is 1.59. The third kappa shape index (κ3) is 3.60. The van der Waals surface area contributed by atoms with Crippen LogP contribution in [0.4, 0.5) is 5.69 Å². The van der Waals surface area contributed by atoms with Crippen LogP contribution in [0.15, 0.2) is 46.0 Å². The van der Waals surface area contributed by atoms with Gasteiger partial charge < -0.3 is 19.5 Å². The van der Waals surface area contributed by atoms with Crippen LogP contribution in [-0.4, -0.2) is 27.7 Å². The second-order valence-corrected chi connectivity index (χ2v) is 8.52. The summed E-state index contributed by atoms with van der Waals surface area (Å²) < 4.78 is 18.2. The summed E-state index contributed by atoms with van der Waals surface area (Å²) in [5.74, 6) is 2.81. The molecule has 3 heterocycles. The number of ether oxygens (including phenoxy) is 3. The van der Waals surface area contributed by atoms with Crippen LogP contribution >= 0.6 is 27.7 Å². The lowest BCUT2D eigenvalue weighted by atomic mass is 10.1. The number of anilines is 1. The summed E-state index contributed by atoms with van der Waals surface area (Å²) in [7, 11) is 0. The molecular weight excluding hydrogens is 456 g/mol. The van der Waals surface area contributed by atoms with E-state index in [2.05, 4.69) is 43.4 Å². The highest BCUT2D eigenvalue weighted by atomic mass is 79.9. The number of halogens is 1. The zero-order chi connectivity index (χ0) is 19.8. The molecule has 0 saturated heterocycles. The molecule has 0 spiro atoms. The minimum absolute atomic E-state index is 0.229.